The Balaban J connectivity index is 1.57. The number of piperazine rings is 1. The van der Waals surface area contributed by atoms with Crippen LogP contribution in [0.15, 0.2) is 59.8 Å². The van der Waals surface area contributed by atoms with Crippen molar-refractivity contribution in [3.63, 3.8) is 0 Å². The molecular weight excluding hydrogens is 470 g/mol. The van der Waals surface area contributed by atoms with Crippen LogP contribution in [0.1, 0.15) is 28.9 Å². The monoisotopic (exact) mass is 498 g/mol. The van der Waals surface area contributed by atoms with Crippen LogP contribution in [0.4, 0.5) is 13.6 Å². The number of esters is 1. The Kier molecular flexibility index (Phi) is 7.64. The molecular formula is C26H28F2N4O4. The van der Waals surface area contributed by atoms with Gasteiger partial charge in [0.25, 0.3) is 5.91 Å². The number of benzene rings is 2. The Morgan fingerprint density at radius 3 is 2.44 bits per heavy atom. The highest BCUT2D eigenvalue weighted by Gasteiger charge is 2.38. The third-order valence-corrected chi connectivity index (χ3v) is 6.39. The third kappa shape index (κ3) is 5.23. The Hall–Kier alpha value is -3.79. The van der Waals surface area contributed by atoms with Crippen LogP contribution in [0.25, 0.3) is 0 Å². The molecule has 0 aromatic heterocycles. The minimum absolute atomic E-state index is 0.0277. The Morgan fingerprint density at radius 1 is 1.06 bits per heavy atom. The highest BCUT2D eigenvalue weighted by atomic mass is 19.1. The molecule has 1 unspecified atom stereocenters. The molecule has 36 heavy (non-hydrogen) atoms. The molecule has 0 aliphatic carbocycles. The molecule has 0 bridgehead atoms. The van der Waals surface area contributed by atoms with Crippen molar-refractivity contribution in [3.8, 4) is 0 Å². The number of nitrogens with one attached hydrogen (secondary N) is 1. The van der Waals surface area contributed by atoms with Gasteiger partial charge in [0.2, 0.25) is 0 Å². The lowest BCUT2D eigenvalue weighted by Crippen LogP contribution is -2.53. The van der Waals surface area contributed by atoms with Gasteiger partial charge in [0.15, 0.2) is 0 Å². The maximum absolute atomic E-state index is 14.1. The zero-order valence-corrected chi connectivity index (χ0v) is 20.2. The number of ether oxygens (including phenoxy) is 1. The number of carbonyl (C=O) groups is 3. The molecule has 2 heterocycles. The summed E-state index contributed by atoms with van der Waals surface area (Å²) in [7, 11) is 1.56. The van der Waals surface area contributed by atoms with E-state index in [0.29, 0.717) is 37.4 Å². The van der Waals surface area contributed by atoms with Gasteiger partial charge in [-0.2, -0.15) is 0 Å². The van der Waals surface area contributed by atoms with E-state index in [0.717, 1.165) is 0 Å². The summed E-state index contributed by atoms with van der Waals surface area (Å²) in [4.78, 5) is 43.6. The topological polar surface area (TPSA) is 82.2 Å². The molecule has 4 rings (SSSR count). The van der Waals surface area contributed by atoms with Crippen LogP contribution in [0.5, 0.6) is 0 Å². The first-order chi connectivity index (χ1) is 17.3. The van der Waals surface area contributed by atoms with Gasteiger partial charge in [0.1, 0.15) is 11.6 Å². The van der Waals surface area contributed by atoms with Gasteiger partial charge in [-0.05, 0) is 36.8 Å². The predicted molar refractivity (Wildman–Crippen MR) is 128 cm³/mol. The first-order valence-electron chi connectivity index (χ1n) is 11.8. The van der Waals surface area contributed by atoms with E-state index in [2.05, 4.69) is 5.32 Å². The van der Waals surface area contributed by atoms with Crippen LogP contribution in [0.2, 0.25) is 0 Å². The first kappa shape index (κ1) is 25.3. The molecule has 1 fully saturated rings. The second kappa shape index (κ2) is 10.9. The molecule has 8 nitrogen and oxygen atoms in total. The molecule has 0 spiro atoms. The van der Waals surface area contributed by atoms with Gasteiger partial charge >= 0.3 is 12.0 Å². The molecule has 2 aromatic carbocycles. The molecule has 190 valence electrons. The van der Waals surface area contributed by atoms with Gasteiger partial charge in [-0.25, -0.2) is 18.4 Å². The first-order valence-corrected chi connectivity index (χ1v) is 11.8. The van der Waals surface area contributed by atoms with Crippen LogP contribution < -0.4 is 5.32 Å². The fourth-order valence-electron chi connectivity index (χ4n) is 4.46. The summed E-state index contributed by atoms with van der Waals surface area (Å²) in [5, 5.41) is 2.77. The number of halogens is 2. The fourth-order valence-corrected chi connectivity index (χ4v) is 4.46. The van der Waals surface area contributed by atoms with Crippen molar-refractivity contribution in [2.45, 2.75) is 13.0 Å². The van der Waals surface area contributed by atoms with Gasteiger partial charge in [0, 0.05) is 45.5 Å². The maximum atomic E-state index is 14.1. The summed E-state index contributed by atoms with van der Waals surface area (Å²) in [6.07, 6.45) is 0. The molecule has 2 aromatic rings. The van der Waals surface area contributed by atoms with Crippen molar-refractivity contribution < 1.29 is 27.9 Å². The second-order valence-electron chi connectivity index (χ2n) is 8.63. The molecule has 2 aliphatic rings. The van der Waals surface area contributed by atoms with Crippen LogP contribution in [-0.4, -0.2) is 79.0 Å². The number of hydrogen-bond acceptors (Lipinski definition) is 5. The van der Waals surface area contributed by atoms with Gasteiger partial charge < -0.3 is 15.0 Å². The van der Waals surface area contributed by atoms with Crippen molar-refractivity contribution in [2.75, 3.05) is 46.4 Å². The standard InChI is InChI=1S/C26H28F2N4O4/c1-3-36-25(34)22-21(30(2)26(35)29-23(22)17-7-6-8-18(27)15-17)16-31-11-13-32(14-12-31)24(33)19-9-4-5-10-20(19)28/h4-10,15,23H,3,11-14,16H2,1-2H3,(H,29,35). The Bertz CT molecular complexity index is 1190. The average Bonchev–Trinajstić information content (AvgIpc) is 2.87. The molecule has 1 saturated heterocycles. The lowest BCUT2D eigenvalue weighted by atomic mass is 9.94. The third-order valence-electron chi connectivity index (χ3n) is 6.39. The van der Waals surface area contributed by atoms with Gasteiger partial charge in [-0.1, -0.05) is 24.3 Å². The van der Waals surface area contributed by atoms with Crippen molar-refractivity contribution in [2.24, 2.45) is 0 Å². The predicted octanol–water partition coefficient (Wildman–Crippen LogP) is 2.94. The second-order valence-corrected chi connectivity index (χ2v) is 8.63. The summed E-state index contributed by atoms with van der Waals surface area (Å²) in [6, 6.07) is 10.3. The normalized spacial score (nSPS) is 18.8. The van der Waals surface area contributed by atoms with E-state index in [9.17, 15) is 23.2 Å². The lowest BCUT2D eigenvalue weighted by Gasteiger charge is -2.39. The zero-order chi connectivity index (χ0) is 25.8. The van der Waals surface area contributed by atoms with E-state index in [4.69, 9.17) is 4.74 Å². The van der Waals surface area contributed by atoms with Crippen molar-refractivity contribution in [3.05, 3.63) is 82.6 Å². The summed E-state index contributed by atoms with van der Waals surface area (Å²) in [6.45, 7) is 3.70. The Labute approximate surface area is 208 Å². The van der Waals surface area contributed by atoms with E-state index >= 15 is 0 Å². The van der Waals surface area contributed by atoms with E-state index in [1.54, 1.807) is 31.0 Å². The number of carbonyl (C=O) groups excluding carboxylic acids is 3. The van der Waals surface area contributed by atoms with Crippen molar-refractivity contribution >= 4 is 17.9 Å². The van der Waals surface area contributed by atoms with E-state index in [-0.39, 0.29) is 30.2 Å². The summed E-state index contributed by atoms with van der Waals surface area (Å²) >= 11 is 0. The summed E-state index contributed by atoms with van der Waals surface area (Å²) < 4.78 is 33.3. The van der Waals surface area contributed by atoms with Crippen LogP contribution in [-0.2, 0) is 9.53 Å². The number of likely N-dealkylation sites (N-methyl/N-ethyl adjacent to an activating group) is 1. The highest BCUT2D eigenvalue weighted by molar-refractivity contribution is 5.95. The largest absolute Gasteiger partial charge is 0.463 e. The van der Waals surface area contributed by atoms with Crippen LogP contribution >= 0.6 is 0 Å². The van der Waals surface area contributed by atoms with E-state index in [1.165, 1.54) is 41.3 Å². The van der Waals surface area contributed by atoms with Crippen molar-refractivity contribution in [1.29, 1.82) is 0 Å². The SMILES string of the molecule is CCOC(=O)C1=C(CN2CCN(C(=O)c3ccccc3F)CC2)N(C)C(=O)NC1c1cccc(F)c1. The van der Waals surface area contributed by atoms with Gasteiger partial charge in [-0.15, -0.1) is 0 Å². The fraction of sp³-hybridized carbons (Fsp3) is 0.346. The molecule has 0 radical (unpaired) electrons. The van der Waals surface area contributed by atoms with Gasteiger partial charge in [-0.3, -0.25) is 14.6 Å². The summed E-state index contributed by atoms with van der Waals surface area (Å²) in [5.74, 6) is -2.02. The number of amides is 3. The van der Waals surface area contributed by atoms with Crippen molar-refractivity contribution in [1.82, 2.24) is 20.0 Å². The number of nitrogens with zero attached hydrogens (tertiary/aromatic N) is 3. The molecule has 0 saturated carbocycles. The summed E-state index contributed by atoms with van der Waals surface area (Å²) in [5.41, 5.74) is 1.13. The lowest BCUT2D eigenvalue weighted by molar-refractivity contribution is -0.139. The number of rotatable bonds is 6. The number of hydrogen-bond donors (Lipinski definition) is 1. The molecule has 2 aliphatic heterocycles. The van der Waals surface area contributed by atoms with Crippen LogP contribution in [0, 0.1) is 11.6 Å². The maximum Gasteiger partial charge on any atom is 0.338 e. The van der Waals surface area contributed by atoms with E-state index < -0.39 is 29.7 Å². The average molecular weight is 499 g/mol. The van der Waals surface area contributed by atoms with Crippen LogP contribution in [0.3, 0.4) is 0 Å². The Morgan fingerprint density at radius 2 is 1.78 bits per heavy atom. The molecule has 1 N–H and O–H groups in total. The quantitative estimate of drug-likeness (QED) is 0.620. The minimum atomic E-state index is -0.873. The molecule has 10 heteroatoms. The minimum Gasteiger partial charge on any atom is -0.463 e. The molecule has 3 amide bonds. The highest BCUT2D eigenvalue weighted by Crippen LogP contribution is 2.32. The zero-order valence-electron chi connectivity index (χ0n) is 20.2. The van der Waals surface area contributed by atoms with Gasteiger partial charge in [0.05, 0.1) is 23.8 Å². The smallest absolute Gasteiger partial charge is 0.338 e. The van der Waals surface area contributed by atoms with E-state index in [1.807, 2.05) is 4.90 Å². The molecule has 1 atom stereocenters. The number of urea groups is 1.